The molecule has 150 valence electrons. The van der Waals surface area contributed by atoms with Crippen LogP contribution in [0, 0.1) is 13.8 Å². The third-order valence-corrected chi connectivity index (χ3v) is 6.05. The summed E-state index contributed by atoms with van der Waals surface area (Å²) >= 11 is 0. The number of rotatable bonds is 9. The summed E-state index contributed by atoms with van der Waals surface area (Å²) in [5.41, 5.74) is 2.24. The van der Waals surface area contributed by atoms with E-state index in [1.165, 1.54) is 12.1 Å². The Kier molecular flexibility index (Phi) is 6.36. The first-order valence-corrected chi connectivity index (χ1v) is 10.9. The van der Waals surface area contributed by atoms with Gasteiger partial charge in [0, 0.05) is 18.2 Å². The largest absolute Gasteiger partial charge is 0.494 e. The van der Waals surface area contributed by atoms with Gasteiger partial charge in [0.15, 0.2) is 0 Å². The van der Waals surface area contributed by atoms with Gasteiger partial charge >= 0.3 is 0 Å². The van der Waals surface area contributed by atoms with E-state index in [2.05, 4.69) is 10.0 Å². The lowest BCUT2D eigenvalue weighted by Gasteiger charge is -2.11. The number of carbonyl (C=O) groups is 1. The van der Waals surface area contributed by atoms with Gasteiger partial charge in [0.1, 0.15) is 5.75 Å². The van der Waals surface area contributed by atoms with E-state index < -0.39 is 10.0 Å². The minimum atomic E-state index is -3.58. The van der Waals surface area contributed by atoms with Crippen molar-refractivity contribution in [2.24, 2.45) is 0 Å². The number of aryl methyl sites for hydroxylation is 2. The van der Waals surface area contributed by atoms with Gasteiger partial charge in [0.25, 0.3) is 5.91 Å². The van der Waals surface area contributed by atoms with E-state index in [-0.39, 0.29) is 16.8 Å². The standard InChI is InChI=1S/C21H26N2O4S/c1-15-5-3-6-18(13-15)27-12-4-11-22-21(24)20-14-19(10-7-16(20)2)28(25,26)23-17-8-9-17/h3,5-7,10,13-14,17,23H,4,8-9,11-12H2,1-2H3,(H,22,24). The minimum absolute atomic E-state index is 0.0250. The van der Waals surface area contributed by atoms with Crippen LogP contribution in [0.1, 0.15) is 40.7 Å². The van der Waals surface area contributed by atoms with Gasteiger partial charge < -0.3 is 10.1 Å². The molecule has 0 spiro atoms. The third-order valence-electron chi connectivity index (χ3n) is 4.53. The Morgan fingerprint density at radius 3 is 2.64 bits per heavy atom. The van der Waals surface area contributed by atoms with Crippen molar-refractivity contribution in [2.75, 3.05) is 13.2 Å². The van der Waals surface area contributed by atoms with Gasteiger partial charge in [-0.3, -0.25) is 4.79 Å². The summed E-state index contributed by atoms with van der Waals surface area (Å²) in [6.45, 7) is 4.73. The first-order chi connectivity index (χ1) is 13.3. The Labute approximate surface area is 166 Å². The molecule has 2 N–H and O–H groups in total. The van der Waals surface area contributed by atoms with E-state index in [0.717, 1.165) is 29.7 Å². The zero-order valence-electron chi connectivity index (χ0n) is 16.2. The molecule has 0 aromatic heterocycles. The predicted molar refractivity (Wildman–Crippen MR) is 108 cm³/mol. The Hall–Kier alpha value is -2.38. The highest BCUT2D eigenvalue weighted by Crippen LogP contribution is 2.23. The average molecular weight is 403 g/mol. The van der Waals surface area contributed by atoms with Gasteiger partial charge in [-0.1, -0.05) is 18.2 Å². The fraction of sp³-hybridized carbons (Fsp3) is 0.381. The number of nitrogens with one attached hydrogen (secondary N) is 2. The Bertz CT molecular complexity index is 953. The quantitative estimate of drug-likeness (QED) is 0.632. The van der Waals surface area contributed by atoms with Crippen LogP contribution >= 0.6 is 0 Å². The fourth-order valence-electron chi connectivity index (χ4n) is 2.77. The fourth-order valence-corrected chi connectivity index (χ4v) is 4.10. The van der Waals surface area contributed by atoms with Gasteiger partial charge in [-0.15, -0.1) is 0 Å². The second kappa shape index (κ2) is 8.75. The van der Waals surface area contributed by atoms with E-state index in [1.807, 2.05) is 31.2 Å². The van der Waals surface area contributed by atoms with Crippen molar-refractivity contribution >= 4 is 15.9 Å². The molecule has 0 heterocycles. The SMILES string of the molecule is Cc1cccc(OCCCNC(=O)c2cc(S(=O)(=O)NC3CC3)ccc2C)c1. The molecule has 0 saturated heterocycles. The number of amides is 1. The lowest BCUT2D eigenvalue weighted by atomic mass is 10.1. The zero-order valence-corrected chi connectivity index (χ0v) is 17.0. The number of hydrogen-bond donors (Lipinski definition) is 2. The monoisotopic (exact) mass is 402 g/mol. The maximum atomic E-state index is 12.5. The van der Waals surface area contributed by atoms with Crippen LogP contribution in [-0.4, -0.2) is 33.5 Å². The highest BCUT2D eigenvalue weighted by Gasteiger charge is 2.28. The van der Waals surface area contributed by atoms with Crippen LogP contribution in [0.2, 0.25) is 0 Å². The molecule has 1 fully saturated rings. The van der Waals surface area contributed by atoms with Crippen LogP contribution in [0.15, 0.2) is 47.4 Å². The van der Waals surface area contributed by atoms with Crippen molar-refractivity contribution in [1.82, 2.24) is 10.0 Å². The van der Waals surface area contributed by atoms with Crippen LogP contribution < -0.4 is 14.8 Å². The second-order valence-corrected chi connectivity index (χ2v) is 8.86. The molecule has 2 aromatic rings. The van der Waals surface area contributed by atoms with Crippen LogP contribution in [0.5, 0.6) is 5.75 Å². The minimum Gasteiger partial charge on any atom is -0.494 e. The Morgan fingerprint density at radius 2 is 1.93 bits per heavy atom. The molecule has 1 saturated carbocycles. The van der Waals surface area contributed by atoms with Gasteiger partial charge in [0.2, 0.25) is 10.0 Å². The van der Waals surface area contributed by atoms with Crippen molar-refractivity contribution in [3.63, 3.8) is 0 Å². The molecular weight excluding hydrogens is 376 g/mol. The maximum Gasteiger partial charge on any atom is 0.251 e. The maximum absolute atomic E-state index is 12.5. The van der Waals surface area contributed by atoms with E-state index in [4.69, 9.17) is 4.74 Å². The molecule has 7 heteroatoms. The molecule has 6 nitrogen and oxygen atoms in total. The van der Waals surface area contributed by atoms with Crippen molar-refractivity contribution < 1.29 is 17.9 Å². The Balaban J connectivity index is 1.52. The molecule has 1 amide bonds. The van der Waals surface area contributed by atoms with E-state index in [0.29, 0.717) is 25.1 Å². The highest BCUT2D eigenvalue weighted by molar-refractivity contribution is 7.89. The molecule has 1 aliphatic carbocycles. The summed E-state index contributed by atoms with van der Waals surface area (Å²) < 4.78 is 33.0. The molecule has 0 unspecified atom stereocenters. The van der Waals surface area contributed by atoms with Crippen LogP contribution in [0.4, 0.5) is 0 Å². The lowest BCUT2D eigenvalue weighted by molar-refractivity contribution is 0.0950. The van der Waals surface area contributed by atoms with Crippen molar-refractivity contribution in [3.8, 4) is 5.75 Å². The molecule has 0 atom stereocenters. The van der Waals surface area contributed by atoms with Crippen LogP contribution in [0.3, 0.4) is 0 Å². The van der Waals surface area contributed by atoms with Gasteiger partial charge in [-0.05, 0) is 68.5 Å². The van der Waals surface area contributed by atoms with Gasteiger partial charge in [-0.2, -0.15) is 0 Å². The number of carbonyl (C=O) groups excluding carboxylic acids is 1. The summed E-state index contributed by atoms with van der Waals surface area (Å²) in [5, 5.41) is 2.84. The summed E-state index contributed by atoms with van der Waals surface area (Å²) in [4.78, 5) is 12.6. The molecule has 3 rings (SSSR count). The summed E-state index contributed by atoms with van der Waals surface area (Å²) in [6.07, 6.45) is 2.38. The first-order valence-electron chi connectivity index (χ1n) is 9.46. The van der Waals surface area contributed by atoms with Gasteiger partial charge in [0.05, 0.1) is 11.5 Å². The van der Waals surface area contributed by atoms with E-state index in [9.17, 15) is 13.2 Å². The van der Waals surface area contributed by atoms with Crippen LogP contribution in [0.25, 0.3) is 0 Å². The highest BCUT2D eigenvalue weighted by atomic mass is 32.2. The number of hydrogen-bond acceptors (Lipinski definition) is 4. The zero-order chi connectivity index (χ0) is 20.1. The number of sulfonamides is 1. The van der Waals surface area contributed by atoms with E-state index >= 15 is 0 Å². The number of benzene rings is 2. The second-order valence-electron chi connectivity index (χ2n) is 7.15. The van der Waals surface area contributed by atoms with Crippen molar-refractivity contribution in [2.45, 2.75) is 44.0 Å². The summed E-state index contributed by atoms with van der Waals surface area (Å²) in [6, 6.07) is 12.5. The smallest absolute Gasteiger partial charge is 0.251 e. The number of ether oxygens (including phenoxy) is 1. The third kappa shape index (κ3) is 5.56. The molecule has 28 heavy (non-hydrogen) atoms. The molecule has 0 bridgehead atoms. The van der Waals surface area contributed by atoms with Crippen molar-refractivity contribution in [1.29, 1.82) is 0 Å². The molecule has 1 aliphatic rings. The Morgan fingerprint density at radius 1 is 1.14 bits per heavy atom. The van der Waals surface area contributed by atoms with Gasteiger partial charge in [-0.25, -0.2) is 13.1 Å². The molecular formula is C21H26N2O4S. The topological polar surface area (TPSA) is 84.5 Å². The molecule has 0 radical (unpaired) electrons. The first kappa shape index (κ1) is 20.4. The lowest BCUT2D eigenvalue weighted by Crippen LogP contribution is -2.28. The van der Waals surface area contributed by atoms with E-state index in [1.54, 1.807) is 13.0 Å². The average Bonchev–Trinajstić information content (AvgIpc) is 3.45. The summed E-state index contributed by atoms with van der Waals surface area (Å²) in [5.74, 6) is 0.528. The van der Waals surface area contributed by atoms with Crippen molar-refractivity contribution in [3.05, 3.63) is 59.2 Å². The normalized spacial score (nSPS) is 13.9. The predicted octanol–water partition coefficient (Wildman–Crippen LogP) is 2.94. The summed E-state index contributed by atoms with van der Waals surface area (Å²) in [7, 11) is -3.58. The van der Waals surface area contributed by atoms with Crippen LogP contribution in [-0.2, 0) is 10.0 Å². The molecule has 2 aromatic carbocycles. The molecule has 0 aliphatic heterocycles.